The van der Waals surface area contributed by atoms with E-state index >= 15 is 0 Å². The molecule has 10 nitrogen and oxygen atoms in total. The summed E-state index contributed by atoms with van der Waals surface area (Å²) in [5.74, 6) is -1.00. The number of benzene rings is 1. The third-order valence-electron chi connectivity index (χ3n) is 3.64. The van der Waals surface area contributed by atoms with Crippen LogP contribution in [0.15, 0.2) is 43.7 Å². The molecule has 2 aromatic heterocycles. The van der Waals surface area contributed by atoms with Gasteiger partial charge in [0.15, 0.2) is 15.9 Å². The van der Waals surface area contributed by atoms with E-state index in [1.165, 1.54) is 30.0 Å². The lowest BCUT2D eigenvalue weighted by atomic mass is 10.2. The standard InChI is InChI=1S/C15H13BrN6O4/c1-21-11-10(12(23)19-15(21)26)22(14(16)18-11)7-6-17-20-9-4-2-8(3-5-9)13(24)25/h2-6,20H,7H2,1H3,(H,24,25)(H,19,23,26)/b17-6-. The van der Waals surface area contributed by atoms with Crippen LogP contribution in [-0.2, 0) is 13.6 Å². The van der Waals surface area contributed by atoms with Gasteiger partial charge in [0.05, 0.1) is 17.8 Å². The minimum atomic E-state index is -1.00. The van der Waals surface area contributed by atoms with E-state index in [9.17, 15) is 14.4 Å². The van der Waals surface area contributed by atoms with Gasteiger partial charge in [0.2, 0.25) is 0 Å². The highest BCUT2D eigenvalue weighted by molar-refractivity contribution is 9.10. The van der Waals surface area contributed by atoms with Gasteiger partial charge >= 0.3 is 11.7 Å². The number of rotatable bonds is 5. The van der Waals surface area contributed by atoms with E-state index < -0.39 is 17.2 Å². The van der Waals surface area contributed by atoms with Gasteiger partial charge in [-0.25, -0.2) is 14.6 Å². The molecule has 0 bridgehead atoms. The van der Waals surface area contributed by atoms with Crippen molar-refractivity contribution in [3.05, 3.63) is 55.4 Å². The number of fused-ring (bicyclic) bond motifs is 1. The predicted octanol–water partition coefficient (Wildman–Crippen LogP) is 0.982. The molecule has 0 aliphatic heterocycles. The van der Waals surface area contributed by atoms with Crippen LogP contribution in [0.5, 0.6) is 0 Å². The van der Waals surface area contributed by atoms with Gasteiger partial charge < -0.3 is 9.67 Å². The summed E-state index contributed by atoms with van der Waals surface area (Å²) in [6.07, 6.45) is 1.52. The van der Waals surface area contributed by atoms with Crippen molar-refractivity contribution < 1.29 is 9.90 Å². The smallest absolute Gasteiger partial charge is 0.335 e. The van der Waals surface area contributed by atoms with Gasteiger partial charge in [0.1, 0.15) is 0 Å². The van der Waals surface area contributed by atoms with Crippen molar-refractivity contribution in [3.8, 4) is 0 Å². The number of aromatic nitrogens is 4. The number of aryl methyl sites for hydroxylation is 1. The Hall–Kier alpha value is -3.21. The average molecular weight is 421 g/mol. The summed E-state index contributed by atoms with van der Waals surface area (Å²) in [6, 6.07) is 6.09. The first-order valence-corrected chi connectivity index (χ1v) is 8.13. The van der Waals surface area contributed by atoms with Crippen molar-refractivity contribution >= 4 is 45.0 Å². The molecule has 0 aliphatic rings. The molecule has 2 heterocycles. The zero-order chi connectivity index (χ0) is 18.8. The summed E-state index contributed by atoms with van der Waals surface area (Å²) >= 11 is 3.27. The number of carbonyl (C=O) groups is 1. The van der Waals surface area contributed by atoms with E-state index in [0.29, 0.717) is 10.4 Å². The zero-order valence-corrected chi connectivity index (χ0v) is 15.0. The van der Waals surface area contributed by atoms with E-state index in [-0.39, 0.29) is 23.3 Å². The third-order valence-corrected chi connectivity index (χ3v) is 4.25. The number of nitrogens with one attached hydrogen (secondary N) is 2. The lowest BCUT2D eigenvalue weighted by molar-refractivity contribution is 0.0697. The Labute approximate surface area is 153 Å². The second-order valence-corrected chi connectivity index (χ2v) is 6.00. The number of carboxylic acids is 1. The second-order valence-electron chi connectivity index (χ2n) is 5.29. The summed E-state index contributed by atoms with van der Waals surface area (Å²) in [7, 11) is 1.51. The molecule has 3 N–H and O–H groups in total. The molecule has 1 aromatic carbocycles. The molecule has 0 unspecified atom stereocenters. The first-order valence-electron chi connectivity index (χ1n) is 7.34. The molecule has 0 amide bonds. The molecule has 0 saturated heterocycles. The number of H-pyrrole nitrogens is 1. The zero-order valence-electron chi connectivity index (χ0n) is 13.4. The summed E-state index contributed by atoms with van der Waals surface area (Å²) in [5.41, 5.74) is 2.98. The van der Waals surface area contributed by atoms with E-state index in [1.54, 1.807) is 16.7 Å². The topological polar surface area (TPSA) is 134 Å². The van der Waals surface area contributed by atoms with Crippen molar-refractivity contribution in [1.29, 1.82) is 0 Å². The normalized spacial score (nSPS) is 11.3. The van der Waals surface area contributed by atoms with Crippen molar-refractivity contribution in [3.63, 3.8) is 0 Å². The predicted molar refractivity (Wildman–Crippen MR) is 98.8 cm³/mol. The fraction of sp³-hybridized carbons (Fsp3) is 0.133. The maximum Gasteiger partial charge on any atom is 0.335 e. The number of hydrogen-bond donors (Lipinski definition) is 3. The van der Waals surface area contributed by atoms with Crippen molar-refractivity contribution in [2.45, 2.75) is 6.54 Å². The SMILES string of the molecule is Cn1c(=O)[nH]c(=O)c2c1nc(Br)n2C/C=N\Nc1ccc(C(=O)O)cc1. The Kier molecular flexibility index (Phi) is 4.71. The van der Waals surface area contributed by atoms with Crippen LogP contribution in [0.25, 0.3) is 11.2 Å². The minimum absolute atomic E-state index is 0.179. The summed E-state index contributed by atoms with van der Waals surface area (Å²) in [4.78, 5) is 40.9. The maximum absolute atomic E-state index is 12.1. The molecule has 134 valence electrons. The Bertz CT molecular complexity index is 1130. The van der Waals surface area contributed by atoms with Crippen LogP contribution in [0.3, 0.4) is 0 Å². The van der Waals surface area contributed by atoms with Crippen LogP contribution < -0.4 is 16.7 Å². The van der Waals surface area contributed by atoms with Gasteiger partial charge in [0, 0.05) is 13.3 Å². The number of nitrogens with zero attached hydrogens (tertiary/aromatic N) is 4. The highest BCUT2D eigenvalue weighted by Crippen LogP contribution is 2.15. The Balaban J connectivity index is 1.79. The number of aromatic amines is 1. The van der Waals surface area contributed by atoms with Crippen LogP contribution in [0.4, 0.5) is 5.69 Å². The molecule has 0 saturated carbocycles. The van der Waals surface area contributed by atoms with Crippen LogP contribution in [0.2, 0.25) is 0 Å². The van der Waals surface area contributed by atoms with Crippen LogP contribution in [0.1, 0.15) is 10.4 Å². The number of hydrazone groups is 1. The summed E-state index contributed by atoms with van der Waals surface area (Å²) < 4.78 is 3.19. The lowest BCUT2D eigenvalue weighted by Crippen LogP contribution is -2.29. The molecule has 11 heteroatoms. The molecule has 0 spiro atoms. The minimum Gasteiger partial charge on any atom is -0.478 e. The lowest BCUT2D eigenvalue weighted by Gasteiger charge is -2.03. The number of imidazole rings is 1. The molecular formula is C15H13BrN6O4. The number of carboxylic acid groups (broad SMARTS) is 1. The molecular weight excluding hydrogens is 408 g/mol. The third kappa shape index (κ3) is 3.28. The van der Waals surface area contributed by atoms with E-state index in [2.05, 4.69) is 36.4 Å². The second kappa shape index (κ2) is 6.96. The van der Waals surface area contributed by atoms with Crippen LogP contribution in [0, 0.1) is 0 Å². The van der Waals surface area contributed by atoms with Gasteiger partial charge in [-0.2, -0.15) is 5.10 Å². The first kappa shape index (κ1) is 17.6. The number of aromatic carboxylic acids is 1. The number of halogens is 1. The van der Waals surface area contributed by atoms with Crippen LogP contribution in [-0.4, -0.2) is 36.4 Å². The van der Waals surface area contributed by atoms with Gasteiger partial charge in [-0.05, 0) is 40.2 Å². The molecule has 0 aliphatic carbocycles. The Morgan fingerprint density at radius 2 is 2.08 bits per heavy atom. The number of hydrogen-bond acceptors (Lipinski definition) is 6. The molecule has 3 rings (SSSR count). The first-order chi connectivity index (χ1) is 12.4. The maximum atomic E-state index is 12.1. The molecule has 0 radical (unpaired) electrons. The fourth-order valence-electron chi connectivity index (χ4n) is 2.30. The van der Waals surface area contributed by atoms with Gasteiger partial charge in [-0.1, -0.05) is 0 Å². The van der Waals surface area contributed by atoms with Crippen molar-refractivity contribution in [1.82, 2.24) is 19.1 Å². The molecule has 26 heavy (non-hydrogen) atoms. The van der Waals surface area contributed by atoms with E-state index in [0.717, 1.165) is 0 Å². The monoisotopic (exact) mass is 420 g/mol. The largest absolute Gasteiger partial charge is 0.478 e. The van der Waals surface area contributed by atoms with E-state index in [1.807, 2.05) is 0 Å². The Morgan fingerprint density at radius 3 is 2.73 bits per heavy atom. The van der Waals surface area contributed by atoms with Gasteiger partial charge in [-0.15, -0.1) is 0 Å². The number of anilines is 1. The summed E-state index contributed by atoms with van der Waals surface area (Å²) in [6.45, 7) is 0.221. The van der Waals surface area contributed by atoms with Crippen molar-refractivity contribution in [2.24, 2.45) is 12.1 Å². The van der Waals surface area contributed by atoms with E-state index in [4.69, 9.17) is 5.11 Å². The summed E-state index contributed by atoms with van der Waals surface area (Å²) in [5, 5.41) is 12.9. The average Bonchev–Trinajstić information content (AvgIpc) is 2.94. The Morgan fingerprint density at radius 1 is 1.38 bits per heavy atom. The molecule has 3 aromatic rings. The highest BCUT2D eigenvalue weighted by Gasteiger charge is 2.14. The fourth-order valence-corrected chi connectivity index (χ4v) is 2.79. The van der Waals surface area contributed by atoms with Crippen LogP contribution >= 0.6 is 15.9 Å². The quantitative estimate of drug-likeness (QED) is 0.320. The highest BCUT2D eigenvalue weighted by atomic mass is 79.9. The van der Waals surface area contributed by atoms with Crippen molar-refractivity contribution in [2.75, 3.05) is 5.43 Å². The molecule has 0 fully saturated rings. The van der Waals surface area contributed by atoms with Gasteiger partial charge in [-0.3, -0.25) is 19.8 Å². The molecule has 0 atom stereocenters. The van der Waals surface area contributed by atoms with Gasteiger partial charge in [0.25, 0.3) is 5.56 Å².